The van der Waals surface area contributed by atoms with Gasteiger partial charge in [0.25, 0.3) is 5.91 Å². The van der Waals surface area contributed by atoms with Gasteiger partial charge in [0.15, 0.2) is 0 Å². The molecular formula is C32H37N3O5. The lowest BCUT2D eigenvalue weighted by atomic mass is 9.91. The maximum Gasteiger partial charge on any atom is 0.303 e. The third-order valence-electron chi connectivity index (χ3n) is 7.89. The molecule has 1 aromatic heterocycles. The van der Waals surface area contributed by atoms with Gasteiger partial charge in [-0.2, -0.15) is 0 Å². The van der Waals surface area contributed by atoms with Crippen molar-refractivity contribution in [3.05, 3.63) is 77.5 Å². The lowest BCUT2D eigenvalue weighted by Crippen LogP contribution is -2.36. The van der Waals surface area contributed by atoms with Gasteiger partial charge >= 0.3 is 5.97 Å². The fraction of sp³-hybridized carbons (Fsp3) is 0.406. The summed E-state index contributed by atoms with van der Waals surface area (Å²) >= 11 is 0. The lowest BCUT2D eigenvalue weighted by molar-refractivity contribution is -0.137. The Morgan fingerprint density at radius 2 is 1.80 bits per heavy atom. The van der Waals surface area contributed by atoms with Gasteiger partial charge in [0.05, 0.1) is 31.4 Å². The van der Waals surface area contributed by atoms with Crippen molar-refractivity contribution >= 4 is 23.4 Å². The van der Waals surface area contributed by atoms with Crippen LogP contribution in [-0.4, -0.2) is 48.8 Å². The van der Waals surface area contributed by atoms with E-state index in [0.717, 1.165) is 61.5 Å². The molecule has 40 heavy (non-hydrogen) atoms. The van der Waals surface area contributed by atoms with Gasteiger partial charge in [-0.1, -0.05) is 18.2 Å². The van der Waals surface area contributed by atoms with Gasteiger partial charge in [-0.25, -0.2) is 4.98 Å². The molecule has 210 valence electrons. The number of aryl methyl sites for hydroxylation is 1. The van der Waals surface area contributed by atoms with Crippen LogP contribution in [0, 0.1) is 18.8 Å². The summed E-state index contributed by atoms with van der Waals surface area (Å²) in [5.74, 6) is 1.99. The summed E-state index contributed by atoms with van der Waals surface area (Å²) in [6, 6.07) is 19.0. The number of methoxy groups -OCH3 is 1. The van der Waals surface area contributed by atoms with Crippen LogP contribution in [0.25, 0.3) is 0 Å². The fourth-order valence-corrected chi connectivity index (χ4v) is 5.52. The molecule has 8 nitrogen and oxygen atoms in total. The number of aromatic nitrogens is 1. The Kier molecular flexibility index (Phi) is 8.53. The topological polar surface area (TPSA) is 101 Å². The minimum atomic E-state index is -0.751. The van der Waals surface area contributed by atoms with E-state index < -0.39 is 5.97 Å². The quantitative estimate of drug-likeness (QED) is 0.310. The number of carboxylic acids is 1. The summed E-state index contributed by atoms with van der Waals surface area (Å²) in [6.07, 6.45) is 4.22. The first-order valence-corrected chi connectivity index (χ1v) is 14.0. The molecule has 1 aliphatic carbocycles. The largest absolute Gasteiger partial charge is 0.497 e. The summed E-state index contributed by atoms with van der Waals surface area (Å²) in [5.41, 5.74) is 3.33. The number of ether oxygens (including phenoxy) is 2. The molecule has 1 amide bonds. The zero-order valence-electron chi connectivity index (χ0n) is 23.1. The minimum Gasteiger partial charge on any atom is -0.497 e. The standard InChI is InChI=1S/C32H37N3O5/c1-21-5-3-8-30(33-21)34-32(38)27-12-11-25(39-2)18-29(27)35-15-13-22(14-16-35)20-40-26-7-4-6-24(17-26)28(19-31(36)37)23-9-10-23/h3-8,11-12,17-18,22-23,28H,9-10,13-16,19-20H2,1-2H3,(H,36,37)(H,33,34,38). The molecule has 2 fully saturated rings. The second-order valence-electron chi connectivity index (χ2n) is 10.9. The first kappa shape index (κ1) is 27.5. The molecule has 0 radical (unpaired) electrons. The second-order valence-corrected chi connectivity index (χ2v) is 10.9. The number of carboxylic acid groups (broad SMARTS) is 1. The fourth-order valence-electron chi connectivity index (χ4n) is 5.52. The molecule has 0 spiro atoms. The van der Waals surface area contributed by atoms with E-state index in [4.69, 9.17) is 9.47 Å². The van der Waals surface area contributed by atoms with Crippen molar-refractivity contribution in [3.63, 3.8) is 0 Å². The molecule has 2 aromatic carbocycles. The molecule has 5 rings (SSSR count). The highest BCUT2D eigenvalue weighted by molar-refractivity contribution is 6.08. The number of carbonyl (C=O) groups is 2. The van der Waals surface area contributed by atoms with Gasteiger partial charge < -0.3 is 24.8 Å². The molecular weight excluding hydrogens is 506 g/mol. The molecule has 3 aromatic rings. The second kappa shape index (κ2) is 12.4. The molecule has 1 aliphatic heterocycles. The van der Waals surface area contributed by atoms with E-state index in [1.54, 1.807) is 25.3 Å². The average molecular weight is 544 g/mol. The predicted molar refractivity (Wildman–Crippen MR) is 155 cm³/mol. The van der Waals surface area contributed by atoms with Crippen molar-refractivity contribution in [2.24, 2.45) is 11.8 Å². The molecule has 8 heteroatoms. The van der Waals surface area contributed by atoms with Gasteiger partial charge in [-0.15, -0.1) is 0 Å². The Morgan fingerprint density at radius 1 is 1.02 bits per heavy atom. The third-order valence-corrected chi connectivity index (χ3v) is 7.89. The lowest BCUT2D eigenvalue weighted by Gasteiger charge is -2.34. The maximum absolute atomic E-state index is 13.2. The average Bonchev–Trinajstić information content (AvgIpc) is 3.80. The number of pyridine rings is 1. The maximum atomic E-state index is 13.2. The number of amides is 1. The highest BCUT2D eigenvalue weighted by Gasteiger charge is 2.34. The molecule has 1 unspecified atom stereocenters. The highest BCUT2D eigenvalue weighted by Crippen LogP contribution is 2.45. The summed E-state index contributed by atoms with van der Waals surface area (Å²) in [6.45, 7) is 4.09. The molecule has 2 heterocycles. The number of rotatable bonds is 11. The number of nitrogens with one attached hydrogen (secondary N) is 1. The van der Waals surface area contributed by atoms with Crippen LogP contribution in [0.1, 0.15) is 59.6 Å². The van der Waals surface area contributed by atoms with Crippen LogP contribution in [0.2, 0.25) is 0 Å². The van der Waals surface area contributed by atoms with Crippen molar-refractivity contribution in [2.45, 2.75) is 44.9 Å². The Morgan fingerprint density at radius 3 is 2.50 bits per heavy atom. The van der Waals surface area contributed by atoms with Crippen LogP contribution >= 0.6 is 0 Å². The van der Waals surface area contributed by atoms with Crippen LogP contribution in [0.4, 0.5) is 11.5 Å². The summed E-state index contributed by atoms with van der Waals surface area (Å²) in [4.78, 5) is 31.2. The van der Waals surface area contributed by atoms with Crippen molar-refractivity contribution in [2.75, 3.05) is 37.0 Å². The first-order chi connectivity index (χ1) is 19.4. The van der Waals surface area contributed by atoms with Crippen molar-refractivity contribution in [3.8, 4) is 11.5 Å². The number of anilines is 2. The molecule has 2 N–H and O–H groups in total. The van der Waals surface area contributed by atoms with E-state index in [-0.39, 0.29) is 18.2 Å². The minimum absolute atomic E-state index is 0.0558. The SMILES string of the molecule is COc1ccc(C(=O)Nc2cccc(C)n2)c(N2CCC(COc3cccc(C(CC(=O)O)C4CC4)c3)CC2)c1. The van der Waals surface area contributed by atoms with Gasteiger partial charge in [0.1, 0.15) is 17.3 Å². The van der Waals surface area contributed by atoms with Gasteiger partial charge in [-0.3, -0.25) is 9.59 Å². The molecule has 1 saturated carbocycles. The Labute approximate surface area is 235 Å². The van der Waals surface area contributed by atoms with E-state index in [1.807, 2.05) is 49.4 Å². The van der Waals surface area contributed by atoms with E-state index in [1.165, 1.54) is 0 Å². The van der Waals surface area contributed by atoms with Crippen LogP contribution in [0.15, 0.2) is 60.7 Å². The Hall–Kier alpha value is -4.07. The molecule has 2 aliphatic rings. The summed E-state index contributed by atoms with van der Waals surface area (Å²) in [5, 5.41) is 12.3. The third kappa shape index (κ3) is 6.92. The number of benzene rings is 2. The number of aliphatic carboxylic acids is 1. The number of hydrogen-bond acceptors (Lipinski definition) is 6. The number of piperidine rings is 1. The number of carbonyl (C=O) groups excluding carboxylic acids is 1. The van der Waals surface area contributed by atoms with Crippen LogP contribution in [0.5, 0.6) is 11.5 Å². The van der Waals surface area contributed by atoms with Crippen LogP contribution in [0.3, 0.4) is 0 Å². The zero-order valence-corrected chi connectivity index (χ0v) is 23.1. The highest BCUT2D eigenvalue weighted by atomic mass is 16.5. The molecule has 1 saturated heterocycles. The monoisotopic (exact) mass is 543 g/mol. The normalized spacial score (nSPS) is 16.3. The van der Waals surface area contributed by atoms with Crippen molar-refractivity contribution in [1.82, 2.24) is 4.98 Å². The van der Waals surface area contributed by atoms with Crippen molar-refractivity contribution < 1.29 is 24.2 Å². The molecule has 0 bridgehead atoms. The Balaban J connectivity index is 1.20. The van der Waals surface area contributed by atoms with E-state index in [0.29, 0.717) is 35.6 Å². The zero-order chi connectivity index (χ0) is 28.1. The van der Waals surface area contributed by atoms with Crippen LogP contribution in [-0.2, 0) is 4.79 Å². The van der Waals surface area contributed by atoms with E-state index in [9.17, 15) is 14.7 Å². The van der Waals surface area contributed by atoms with E-state index in [2.05, 4.69) is 15.2 Å². The summed E-state index contributed by atoms with van der Waals surface area (Å²) in [7, 11) is 1.63. The smallest absolute Gasteiger partial charge is 0.303 e. The number of hydrogen-bond donors (Lipinski definition) is 2. The number of nitrogens with zero attached hydrogens (tertiary/aromatic N) is 2. The molecule has 1 atom stereocenters. The van der Waals surface area contributed by atoms with Gasteiger partial charge in [0.2, 0.25) is 0 Å². The summed E-state index contributed by atoms with van der Waals surface area (Å²) < 4.78 is 11.7. The Bertz CT molecular complexity index is 1350. The van der Waals surface area contributed by atoms with Gasteiger partial charge in [-0.05, 0) is 92.3 Å². The van der Waals surface area contributed by atoms with E-state index >= 15 is 0 Å². The van der Waals surface area contributed by atoms with Crippen LogP contribution < -0.4 is 19.7 Å². The van der Waals surface area contributed by atoms with Gasteiger partial charge in [0, 0.05) is 24.8 Å². The predicted octanol–water partition coefficient (Wildman–Crippen LogP) is 5.91. The van der Waals surface area contributed by atoms with Crippen molar-refractivity contribution in [1.29, 1.82) is 0 Å². The first-order valence-electron chi connectivity index (χ1n) is 14.0.